The lowest BCUT2D eigenvalue weighted by molar-refractivity contribution is -0.121. The molecule has 8 heteroatoms. The van der Waals surface area contributed by atoms with Crippen LogP contribution in [0.15, 0.2) is 66.7 Å². The van der Waals surface area contributed by atoms with Crippen molar-refractivity contribution in [1.82, 2.24) is 15.2 Å². The number of fused-ring (bicyclic) bond motifs is 3. The first-order valence-electron chi connectivity index (χ1n) is 12.3. The molecule has 2 aromatic carbocycles. The zero-order valence-corrected chi connectivity index (χ0v) is 20.5. The Morgan fingerprint density at radius 3 is 2.83 bits per heavy atom. The number of methoxy groups -OCH3 is 1. The van der Waals surface area contributed by atoms with E-state index in [1.54, 1.807) is 30.2 Å². The fourth-order valence-corrected chi connectivity index (χ4v) is 4.04. The van der Waals surface area contributed by atoms with Gasteiger partial charge in [0.05, 0.1) is 25.9 Å². The van der Waals surface area contributed by atoms with Crippen molar-refractivity contribution in [3.63, 3.8) is 0 Å². The Kier molecular flexibility index (Phi) is 8.75. The molecule has 0 fully saturated rings. The smallest absolute Gasteiger partial charge is 0.273 e. The predicted molar refractivity (Wildman–Crippen MR) is 139 cm³/mol. The molecule has 0 saturated carbocycles. The van der Waals surface area contributed by atoms with Gasteiger partial charge in [-0.1, -0.05) is 30.3 Å². The van der Waals surface area contributed by atoms with Crippen LogP contribution in [0.4, 0.5) is 11.5 Å². The maximum absolute atomic E-state index is 13.3. The lowest BCUT2D eigenvalue weighted by atomic mass is 10.1. The Labute approximate surface area is 211 Å². The normalized spacial score (nSPS) is 14.0. The largest absolute Gasteiger partial charge is 0.497 e. The summed E-state index contributed by atoms with van der Waals surface area (Å²) in [4.78, 5) is 32.2. The summed E-state index contributed by atoms with van der Waals surface area (Å²) >= 11 is 0. The van der Waals surface area contributed by atoms with E-state index >= 15 is 0 Å². The van der Waals surface area contributed by atoms with Gasteiger partial charge >= 0.3 is 0 Å². The summed E-state index contributed by atoms with van der Waals surface area (Å²) in [5.41, 5.74) is 2.15. The SMILES string of the molecule is COc1cccc(CCNC(=O)CN2CCCCCOc3ccccc3Nc3cccc(n3)C2=O)c1. The highest BCUT2D eigenvalue weighted by molar-refractivity contribution is 5.95. The van der Waals surface area contributed by atoms with Crippen LogP contribution in [0.1, 0.15) is 35.3 Å². The fourth-order valence-electron chi connectivity index (χ4n) is 4.04. The summed E-state index contributed by atoms with van der Waals surface area (Å²) < 4.78 is 11.2. The molecule has 0 spiro atoms. The van der Waals surface area contributed by atoms with Gasteiger partial charge in [-0.05, 0) is 67.6 Å². The monoisotopic (exact) mass is 488 g/mol. The minimum atomic E-state index is -0.261. The molecule has 0 radical (unpaired) electrons. The number of amides is 2. The number of ether oxygens (including phenoxy) is 2. The lowest BCUT2D eigenvalue weighted by Crippen LogP contribution is -2.42. The van der Waals surface area contributed by atoms with Crippen LogP contribution in [0.2, 0.25) is 0 Å². The molecule has 8 nitrogen and oxygen atoms in total. The summed E-state index contributed by atoms with van der Waals surface area (Å²) in [7, 11) is 1.63. The van der Waals surface area contributed by atoms with Crippen molar-refractivity contribution in [2.75, 3.05) is 38.7 Å². The van der Waals surface area contributed by atoms with Crippen LogP contribution in [0.25, 0.3) is 0 Å². The van der Waals surface area contributed by atoms with Crippen LogP contribution in [0.3, 0.4) is 0 Å². The Balaban J connectivity index is 1.42. The van der Waals surface area contributed by atoms with Gasteiger partial charge in [0.1, 0.15) is 23.0 Å². The van der Waals surface area contributed by atoms with E-state index in [0.29, 0.717) is 37.6 Å². The van der Waals surface area contributed by atoms with E-state index in [4.69, 9.17) is 9.47 Å². The zero-order valence-electron chi connectivity index (χ0n) is 20.5. The summed E-state index contributed by atoms with van der Waals surface area (Å²) in [5, 5.41) is 6.18. The molecule has 2 heterocycles. The van der Waals surface area contributed by atoms with Crippen LogP contribution in [-0.2, 0) is 11.2 Å². The number of carbonyl (C=O) groups excluding carboxylic acids is 2. The molecule has 0 atom stereocenters. The van der Waals surface area contributed by atoms with Crippen molar-refractivity contribution >= 4 is 23.3 Å². The van der Waals surface area contributed by atoms with Crippen LogP contribution >= 0.6 is 0 Å². The van der Waals surface area contributed by atoms with E-state index in [0.717, 1.165) is 42.0 Å². The van der Waals surface area contributed by atoms with E-state index in [2.05, 4.69) is 15.6 Å². The number of benzene rings is 2. The van der Waals surface area contributed by atoms with Crippen LogP contribution in [0.5, 0.6) is 11.5 Å². The Morgan fingerprint density at radius 1 is 1.08 bits per heavy atom. The average Bonchev–Trinajstić information content (AvgIpc) is 2.90. The first kappa shape index (κ1) is 25.0. The maximum Gasteiger partial charge on any atom is 0.273 e. The molecular weight excluding hydrogens is 456 g/mol. The molecule has 2 N–H and O–H groups in total. The van der Waals surface area contributed by atoms with Gasteiger partial charge in [-0.3, -0.25) is 9.59 Å². The van der Waals surface area contributed by atoms with Crippen LogP contribution < -0.4 is 20.1 Å². The third-order valence-corrected chi connectivity index (χ3v) is 5.94. The number of para-hydroxylation sites is 2. The first-order valence-corrected chi connectivity index (χ1v) is 12.3. The van der Waals surface area contributed by atoms with Crippen molar-refractivity contribution in [3.05, 3.63) is 78.0 Å². The number of carbonyl (C=O) groups is 2. The van der Waals surface area contributed by atoms with Crippen LogP contribution in [-0.4, -0.2) is 55.0 Å². The molecule has 3 aromatic rings. The summed E-state index contributed by atoms with van der Waals surface area (Å²) in [6.07, 6.45) is 3.18. The highest BCUT2D eigenvalue weighted by atomic mass is 16.5. The zero-order chi connectivity index (χ0) is 25.2. The highest BCUT2D eigenvalue weighted by Crippen LogP contribution is 2.27. The molecule has 1 aliphatic heterocycles. The molecule has 0 aliphatic carbocycles. The number of hydrogen-bond acceptors (Lipinski definition) is 6. The molecule has 36 heavy (non-hydrogen) atoms. The summed E-state index contributed by atoms with van der Waals surface area (Å²) in [5.74, 6) is 1.62. The summed E-state index contributed by atoms with van der Waals surface area (Å²) in [6, 6.07) is 20.7. The molecule has 1 aromatic heterocycles. The summed E-state index contributed by atoms with van der Waals surface area (Å²) in [6.45, 7) is 1.50. The number of anilines is 2. The second kappa shape index (κ2) is 12.6. The van der Waals surface area contributed by atoms with Gasteiger partial charge in [0.15, 0.2) is 0 Å². The number of hydrogen-bond donors (Lipinski definition) is 2. The van der Waals surface area contributed by atoms with E-state index in [1.807, 2.05) is 48.5 Å². The van der Waals surface area contributed by atoms with E-state index in [1.165, 1.54) is 0 Å². The van der Waals surface area contributed by atoms with Gasteiger partial charge in [0.25, 0.3) is 5.91 Å². The van der Waals surface area contributed by atoms with Crippen molar-refractivity contribution < 1.29 is 19.1 Å². The third kappa shape index (κ3) is 6.97. The maximum atomic E-state index is 13.3. The third-order valence-electron chi connectivity index (χ3n) is 5.94. The quantitative estimate of drug-likeness (QED) is 0.540. The van der Waals surface area contributed by atoms with E-state index < -0.39 is 0 Å². The van der Waals surface area contributed by atoms with Gasteiger partial charge in [0, 0.05) is 13.1 Å². The first-order chi connectivity index (χ1) is 17.6. The van der Waals surface area contributed by atoms with Gasteiger partial charge < -0.3 is 25.0 Å². The molecule has 188 valence electrons. The van der Waals surface area contributed by atoms with Crippen molar-refractivity contribution in [2.45, 2.75) is 25.7 Å². The molecule has 4 rings (SSSR count). The fraction of sp³-hybridized carbons (Fsp3) is 0.321. The number of nitrogens with zero attached hydrogens (tertiary/aromatic N) is 2. The predicted octanol–water partition coefficient (Wildman–Crippen LogP) is 4.20. The Hall–Kier alpha value is -4.07. The molecular formula is C28H32N4O4. The Morgan fingerprint density at radius 2 is 1.94 bits per heavy atom. The number of rotatable bonds is 6. The topological polar surface area (TPSA) is 92.8 Å². The van der Waals surface area contributed by atoms with Gasteiger partial charge in [-0.25, -0.2) is 4.98 Å². The standard InChI is InChI=1S/C28H32N4O4/c1-35-22-10-7-9-21(19-22)15-16-29-27(33)20-32-17-5-2-6-18-36-25-13-4-3-11-23(25)30-26-14-8-12-24(31-26)28(32)34/h3-4,7-14,19H,2,5-6,15-18,20H2,1H3,(H,29,33)(H,30,31). The van der Waals surface area contributed by atoms with Crippen molar-refractivity contribution in [3.8, 4) is 11.5 Å². The van der Waals surface area contributed by atoms with Crippen LogP contribution in [0, 0.1) is 0 Å². The molecule has 2 bridgehead atoms. The highest BCUT2D eigenvalue weighted by Gasteiger charge is 2.20. The minimum absolute atomic E-state index is 0.0182. The number of pyridine rings is 1. The van der Waals surface area contributed by atoms with E-state index in [9.17, 15) is 9.59 Å². The van der Waals surface area contributed by atoms with Gasteiger partial charge in [-0.2, -0.15) is 0 Å². The Bertz CT molecular complexity index is 1180. The average molecular weight is 489 g/mol. The van der Waals surface area contributed by atoms with E-state index in [-0.39, 0.29) is 18.4 Å². The molecule has 1 aliphatic rings. The number of nitrogens with one attached hydrogen (secondary N) is 2. The second-order valence-corrected chi connectivity index (χ2v) is 8.62. The van der Waals surface area contributed by atoms with Gasteiger partial charge in [0.2, 0.25) is 5.91 Å². The molecule has 0 saturated heterocycles. The van der Waals surface area contributed by atoms with Crippen molar-refractivity contribution in [2.24, 2.45) is 0 Å². The number of aromatic nitrogens is 1. The molecule has 2 amide bonds. The second-order valence-electron chi connectivity index (χ2n) is 8.62. The van der Waals surface area contributed by atoms with Crippen molar-refractivity contribution in [1.29, 1.82) is 0 Å². The lowest BCUT2D eigenvalue weighted by Gasteiger charge is -2.23. The van der Waals surface area contributed by atoms with Gasteiger partial charge in [-0.15, -0.1) is 0 Å². The molecule has 0 unspecified atom stereocenters. The minimum Gasteiger partial charge on any atom is -0.497 e.